The van der Waals surface area contributed by atoms with Gasteiger partial charge < -0.3 is 5.32 Å². The van der Waals surface area contributed by atoms with Crippen molar-refractivity contribution >= 4 is 22.8 Å². The average Bonchev–Trinajstić information content (AvgIpc) is 2.90. The highest BCUT2D eigenvalue weighted by Gasteiger charge is 2.21. The van der Waals surface area contributed by atoms with E-state index in [4.69, 9.17) is 0 Å². The van der Waals surface area contributed by atoms with E-state index in [-0.39, 0.29) is 5.91 Å². The number of anilines is 1. The first-order valence-corrected chi connectivity index (χ1v) is 7.02. The summed E-state index contributed by atoms with van der Waals surface area (Å²) in [7, 11) is 0. The minimum absolute atomic E-state index is 0.0901. The molecule has 2 heterocycles. The molecule has 0 atom stereocenters. The van der Waals surface area contributed by atoms with Gasteiger partial charge in [-0.2, -0.15) is 4.98 Å². The van der Waals surface area contributed by atoms with E-state index >= 15 is 0 Å². The zero-order valence-corrected chi connectivity index (χ0v) is 12.7. The molecule has 0 spiro atoms. The van der Waals surface area contributed by atoms with Gasteiger partial charge in [0, 0.05) is 11.6 Å². The third-order valence-corrected chi connectivity index (χ3v) is 3.23. The first-order valence-electron chi connectivity index (χ1n) is 7.02. The lowest BCUT2D eigenvalue weighted by Crippen LogP contribution is -2.28. The van der Waals surface area contributed by atoms with Crippen LogP contribution in [0.15, 0.2) is 42.9 Å². The van der Waals surface area contributed by atoms with E-state index in [1.165, 1.54) is 0 Å². The smallest absolute Gasteiger partial charge is 0.237 e. The Morgan fingerprint density at radius 3 is 2.68 bits per heavy atom. The molecule has 6 nitrogen and oxygen atoms in total. The Kier molecular flexibility index (Phi) is 3.36. The molecule has 0 unspecified atom stereocenters. The second kappa shape index (κ2) is 5.22. The van der Waals surface area contributed by atoms with Crippen molar-refractivity contribution in [3.05, 3.63) is 42.9 Å². The van der Waals surface area contributed by atoms with Crippen LogP contribution in [0.25, 0.3) is 17.0 Å². The number of carbonyl (C=O) groups is 1. The van der Waals surface area contributed by atoms with Gasteiger partial charge in [0.05, 0.1) is 11.0 Å². The second-order valence-corrected chi connectivity index (χ2v) is 6.05. The zero-order chi connectivity index (χ0) is 15.7. The molecule has 2 aromatic heterocycles. The summed E-state index contributed by atoms with van der Waals surface area (Å²) in [5.41, 5.74) is 1.31. The summed E-state index contributed by atoms with van der Waals surface area (Å²) in [5, 5.41) is 2.81. The summed E-state index contributed by atoms with van der Waals surface area (Å²) in [6, 6.07) is 9.42. The molecule has 22 heavy (non-hydrogen) atoms. The van der Waals surface area contributed by atoms with E-state index in [1.54, 1.807) is 23.2 Å². The number of nitrogens with one attached hydrogen (secondary N) is 1. The Morgan fingerprint density at radius 2 is 1.91 bits per heavy atom. The maximum Gasteiger partial charge on any atom is 0.237 e. The maximum atomic E-state index is 12.1. The molecule has 0 radical (unpaired) electrons. The Labute approximate surface area is 128 Å². The Hall–Kier alpha value is -2.76. The van der Waals surface area contributed by atoms with Gasteiger partial charge in [0.1, 0.15) is 12.1 Å². The lowest BCUT2D eigenvalue weighted by Gasteiger charge is -2.17. The molecule has 0 saturated carbocycles. The quantitative estimate of drug-likeness (QED) is 0.789. The van der Waals surface area contributed by atoms with Gasteiger partial charge in [-0.3, -0.25) is 9.36 Å². The fraction of sp³-hybridized carbons (Fsp3) is 0.250. The standard InChI is InChI=1S/C16H17N5O/c1-16(2,3)14(22)19-13-8-9-17-15(20-13)21-10-18-11-6-4-5-7-12(11)21/h4-10H,1-3H3,(H,17,19,20,22). The van der Waals surface area contributed by atoms with Crippen LogP contribution < -0.4 is 5.32 Å². The van der Waals surface area contributed by atoms with E-state index in [9.17, 15) is 4.79 Å². The summed E-state index contributed by atoms with van der Waals surface area (Å²) >= 11 is 0. The number of hydrogen-bond acceptors (Lipinski definition) is 4. The van der Waals surface area contributed by atoms with Crippen LogP contribution in [0.2, 0.25) is 0 Å². The van der Waals surface area contributed by atoms with E-state index < -0.39 is 5.41 Å². The molecule has 0 aliphatic heterocycles. The highest BCUT2D eigenvalue weighted by molar-refractivity contribution is 5.93. The molecule has 1 N–H and O–H groups in total. The van der Waals surface area contributed by atoms with Crippen LogP contribution >= 0.6 is 0 Å². The number of benzene rings is 1. The lowest BCUT2D eigenvalue weighted by molar-refractivity contribution is -0.123. The first-order chi connectivity index (χ1) is 10.4. The van der Waals surface area contributed by atoms with Gasteiger partial charge in [-0.05, 0) is 18.2 Å². The zero-order valence-electron chi connectivity index (χ0n) is 12.7. The molecular formula is C16H17N5O. The molecule has 0 saturated heterocycles. The van der Waals surface area contributed by atoms with Crippen LogP contribution in [0.5, 0.6) is 0 Å². The summed E-state index contributed by atoms with van der Waals surface area (Å²) in [6.07, 6.45) is 3.30. The highest BCUT2D eigenvalue weighted by atomic mass is 16.2. The fourth-order valence-corrected chi connectivity index (χ4v) is 1.96. The van der Waals surface area contributed by atoms with Crippen LogP contribution in [-0.2, 0) is 4.79 Å². The van der Waals surface area contributed by atoms with Crippen molar-refractivity contribution < 1.29 is 4.79 Å². The third kappa shape index (κ3) is 2.67. The van der Waals surface area contributed by atoms with Crippen LogP contribution in [0.4, 0.5) is 5.82 Å². The van der Waals surface area contributed by atoms with Crippen molar-refractivity contribution in [3.63, 3.8) is 0 Å². The number of hydrogen-bond donors (Lipinski definition) is 1. The Balaban J connectivity index is 1.96. The number of fused-ring (bicyclic) bond motifs is 1. The number of rotatable bonds is 2. The molecule has 1 aromatic carbocycles. The SMILES string of the molecule is CC(C)(C)C(=O)Nc1ccnc(-n2cnc3ccccc32)n1. The second-order valence-electron chi connectivity index (χ2n) is 6.05. The number of imidazole rings is 1. The van der Waals surface area contributed by atoms with Gasteiger partial charge in [0.2, 0.25) is 11.9 Å². The van der Waals surface area contributed by atoms with E-state index in [0.29, 0.717) is 11.8 Å². The van der Waals surface area contributed by atoms with Crippen molar-refractivity contribution in [3.8, 4) is 5.95 Å². The van der Waals surface area contributed by atoms with Gasteiger partial charge >= 0.3 is 0 Å². The van der Waals surface area contributed by atoms with Crippen molar-refractivity contribution in [2.45, 2.75) is 20.8 Å². The van der Waals surface area contributed by atoms with E-state index in [0.717, 1.165) is 11.0 Å². The van der Waals surface area contributed by atoms with Crippen LogP contribution in [0.3, 0.4) is 0 Å². The topological polar surface area (TPSA) is 72.7 Å². The summed E-state index contributed by atoms with van der Waals surface area (Å²) in [4.78, 5) is 25.0. The molecule has 6 heteroatoms. The normalized spacial score (nSPS) is 11.6. The van der Waals surface area contributed by atoms with E-state index in [1.807, 2.05) is 45.0 Å². The molecule has 0 bridgehead atoms. The number of amides is 1. The van der Waals surface area contributed by atoms with Gasteiger partial charge in [-0.15, -0.1) is 0 Å². The van der Waals surface area contributed by atoms with Crippen LogP contribution in [0, 0.1) is 5.41 Å². The largest absolute Gasteiger partial charge is 0.310 e. The molecule has 3 rings (SSSR count). The first kappa shape index (κ1) is 14.2. The van der Waals surface area contributed by atoms with Crippen molar-refractivity contribution in [1.82, 2.24) is 19.5 Å². The Bertz CT molecular complexity index is 832. The minimum atomic E-state index is -0.479. The fourth-order valence-electron chi connectivity index (χ4n) is 1.96. The summed E-state index contributed by atoms with van der Waals surface area (Å²) in [6.45, 7) is 5.56. The van der Waals surface area contributed by atoms with Gasteiger partial charge in [0.25, 0.3) is 0 Å². The third-order valence-electron chi connectivity index (χ3n) is 3.23. The highest BCUT2D eigenvalue weighted by Crippen LogP contribution is 2.18. The minimum Gasteiger partial charge on any atom is -0.310 e. The average molecular weight is 295 g/mol. The van der Waals surface area contributed by atoms with Crippen LogP contribution in [0.1, 0.15) is 20.8 Å². The molecule has 1 amide bonds. The van der Waals surface area contributed by atoms with Gasteiger partial charge in [-0.25, -0.2) is 9.97 Å². The number of aromatic nitrogens is 4. The van der Waals surface area contributed by atoms with Gasteiger partial charge in [-0.1, -0.05) is 32.9 Å². The molecule has 3 aromatic rings. The lowest BCUT2D eigenvalue weighted by atomic mass is 9.96. The van der Waals surface area contributed by atoms with E-state index in [2.05, 4.69) is 20.3 Å². The molecule has 112 valence electrons. The Morgan fingerprint density at radius 1 is 1.14 bits per heavy atom. The summed E-state index contributed by atoms with van der Waals surface area (Å²) in [5.74, 6) is 0.857. The van der Waals surface area contributed by atoms with Gasteiger partial charge in [0.15, 0.2) is 0 Å². The van der Waals surface area contributed by atoms with Crippen molar-refractivity contribution in [1.29, 1.82) is 0 Å². The predicted octanol–water partition coefficient (Wildman–Crippen LogP) is 2.80. The monoisotopic (exact) mass is 295 g/mol. The molecule has 0 aliphatic carbocycles. The van der Waals surface area contributed by atoms with Crippen LogP contribution in [-0.4, -0.2) is 25.4 Å². The molecule has 0 fully saturated rings. The predicted molar refractivity (Wildman–Crippen MR) is 84.7 cm³/mol. The number of para-hydroxylation sites is 2. The molecule has 0 aliphatic rings. The summed E-state index contributed by atoms with van der Waals surface area (Å²) < 4.78 is 1.79. The van der Waals surface area contributed by atoms with Crippen molar-refractivity contribution in [2.24, 2.45) is 5.41 Å². The van der Waals surface area contributed by atoms with Crippen molar-refractivity contribution in [2.75, 3.05) is 5.32 Å². The number of nitrogens with zero attached hydrogens (tertiary/aromatic N) is 4. The maximum absolute atomic E-state index is 12.1. The number of carbonyl (C=O) groups excluding carboxylic acids is 1. The molecular weight excluding hydrogens is 278 g/mol.